The highest BCUT2D eigenvalue weighted by Gasteiger charge is 2.21. The van der Waals surface area contributed by atoms with Crippen LogP contribution in [0.25, 0.3) is 127 Å². The largest absolute Gasteiger partial charge is 0.456 e. The molecule has 288 valence electrons. The summed E-state index contributed by atoms with van der Waals surface area (Å²) in [5.74, 6) is 1.80. The molecule has 0 aliphatic rings. The fourth-order valence-corrected chi connectivity index (χ4v) is 9.48. The van der Waals surface area contributed by atoms with E-state index < -0.39 is 0 Å². The number of fused-ring (bicyclic) bond motifs is 9. The van der Waals surface area contributed by atoms with Crippen molar-refractivity contribution < 1.29 is 4.42 Å². The van der Waals surface area contributed by atoms with Gasteiger partial charge in [-0.05, 0) is 86.6 Å². The van der Waals surface area contributed by atoms with Gasteiger partial charge in [-0.3, -0.25) is 0 Å². The van der Waals surface area contributed by atoms with Gasteiger partial charge in [0.1, 0.15) is 11.2 Å². The molecule has 13 aromatic rings. The summed E-state index contributed by atoms with van der Waals surface area (Å²) < 4.78 is 8.79. The fourth-order valence-electron chi connectivity index (χ4n) is 9.48. The molecule has 5 nitrogen and oxygen atoms in total. The van der Waals surface area contributed by atoms with E-state index in [0.717, 1.165) is 76.9 Å². The van der Waals surface area contributed by atoms with Crippen molar-refractivity contribution in [3.05, 3.63) is 206 Å². The Hall–Kier alpha value is -8.41. The monoisotopic (exact) mass is 790 g/mol. The lowest BCUT2D eigenvalue weighted by Gasteiger charge is -2.16. The van der Waals surface area contributed by atoms with Crippen LogP contribution in [-0.4, -0.2) is 19.5 Å². The number of hydrogen-bond donors (Lipinski definition) is 0. The number of furan rings is 1. The van der Waals surface area contributed by atoms with Crippen molar-refractivity contribution in [2.45, 2.75) is 0 Å². The van der Waals surface area contributed by atoms with Crippen molar-refractivity contribution in [3.63, 3.8) is 0 Å². The molecule has 0 aliphatic carbocycles. The average Bonchev–Trinajstić information content (AvgIpc) is 3.88. The summed E-state index contributed by atoms with van der Waals surface area (Å²) in [6, 6.07) is 72.9. The molecule has 62 heavy (non-hydrogen) atoms. The third-order valence-corrected chi connectivity index (χ3v) is 12.4. The van der Waals surface area contributed by atoms with Gasteiger partial charge >= 0.3 is 0 Å². The highest BCUT2D eigenvalue weighted by molar-refractivity contribution is 6.16. The Morgan fingerprint density at radius 1 is 0.323 bits per heavy atom. The quantitative estimate of drug-likeness (QED) is 0.174. The van der Waals surface area contributed by atoms with Gasteiger partial charge in [-0.15, -0.1) is 0 Å². The second-order valence-corrected chi connectivity index (χ2v) is 16.0. The second-order valence-electron chi connectivity index (χ2n) is 16.0. The van der Waals surface area contributed by atoms with Crippen molar-refractivity contribution >= 4 is 76.1 Å². The Balaban J connectivity index is 1.07. The fraction of sp³-hybridized carbons (Fsp3) is 0. The lowest BCUT2D eigenvalue weighted by Crippen LogP contribution is -2.02. The van der Waals surface area contributed by atoms with Gasteiger partial charge < -0.3 is 8.98 Å². The molecular weight excluding hydrogens is 757 g/mol. The summed E-state index contributed by atoms with van der Waals surface area (Å²) in [6.07, 6.45) is 0. The highest BCUT2D eigenvalue weighted by atomic mass is 16.3. The van der Waals surface area contributed by atoms with Crippen molar-refractivity contribution in [2.75, 3.05) is 0 Å². The van der Waals surface area contributed by atoms with E-state index in [-0.39, 0.29) is 0 Å². The van der Waals surface area contributed by atoms with Gasteiger partial charge in [0.05, 0.1) is 16.7 Å². The number of rotatable bonds is 5. The van der Waals surface area contributed by atoms with Crippen LogP contribution in [0.1, 0.15) is 0 Å². The summed E-state index contributed by atoms with van der Waals surface area (Å²) in [5, 5.41) is 11.3. The lowest BCUT2D eigenvalue weighted by atomic mass is 10.0. The Kier molecular flexibility index (Phi) is 7.54. The van der Waals surface area contributed by atoms with E-state index in [4.69, 9.17) is 19.4 Å². The lowest BCUT2D eigenvalue weighted by molar-refractivity contribution is 0.669. The van der Waals surface area contributed by atoms with Gasteiger partial charge in [0.2, 0.25) is 0 Å². The van der Waals surface area contributed by atoms with Gasteiger partial charge in [-0.2, -0.15) is 0 Å². The van der Waals surface area contributed by atoms with Crippen molar-refractivity contribution in [1.82, 2.24) is 19.5 Å². The molecule has 0 radical (unpaired) electrons. The molecule has 0 saturated carbocycles. The second kappa shape index (κ2) is 13.6. The first-order valence-electron chi connectivity index (χ1n) is 20.9. The SMILES string of the molecule is c1ccc(-c2ccc3c4cc5ccccc5cc4n(-c4ccc(-c5nc(-c6ccc7ccccc7c6)nc(-c6cccc7oc8ccccc8c67)n5)c5ccccc45)c3c2)cc1. The van der Waals surface area contributed by atoms with Crippen LogP contribution in [0.5, 0.6) is 0 Å². The third-order valence-electron chi connectivity index (χ3n) is 12.4. The minimum absolute atomic E-state index is 0.589. The van der Waals surface area contributed by atoms with E-state index in [2.05, 4.69) is 180 Å². The van der Waals surface area contributed by atoms with Gasteiger partial charge in [-0.25, -0.2) is 15.0 Å². The molecule has 3 heterocycles. The predicted octanol–water partition coefficient (Wildman–Crippen LogP) is 15.0. The molecule has 0 bridgehead atoms. The van der Waals surface area contributed by atoms with Crippen LogP contribution in [0.4, 0.5) is 0 Å². The zero-order valence-corrected chi connectivity index (χ0v) is 33.3. The Morgan fingerprint density at radius 3 is 1.79 bits per heavy atom. The summed E-state index contributed by atoms with van der Waals surface area (Å²) in [6.45, 7) is 0. The minimum atomic E-state index is 0.589. The molecule has 0 atom stereocenters. The van der Waals surface area contributed by atoms with Crippen molar-refractivity contribution in [1.29, 1.82) is 0 Å². The summed E-state index contributed by atoms with van der Waals surface area (Å²) in [4.78, 5) is 15.9. The molecule has 0 fully saturated rings. The normalized spacial score (nSPS) is 11.9. The van der Waals surface area contributed by atoms with Crippen LogP contribution in [0.15, 0.2) is 211 Å². The minimum Gasteiger partial charge on any atom is -0.456 e. The first kappa shape index (κ1) is 34.5. The zero-order chi connectivity index (χ0) is 40.7. The molecule has 5 heteroatoms. The molecule has 0 aliphatic heterocycles. The van der Waals surface area contributed by atoms with Crippen LogP contribution < -0.4 is 0 Å². The number of benzene rings is 10. The van der Waals surface area contributed by atoms with Crippen LogP contribution >= 0.6 is 0 Å². The molecule has 0 unspecified atom stereocenters. The van der Waals surface area contributed by atoms with Gasteiger partial charge in [0.25, 0.3) is 0 Å². The third kappa shape index (κ3) is 5.38. The molecule has 3 aromatic heterocycles. The Bertz CT molecular complexity index is 3940. The molecule has 13 rings (SSSR count). The summed E-state index contributed by atoms with van der Waals surface area (Å²) >= 11 is 0. The average molecular weight is 791 g/mol. The maximum absolute atomic E-state index is 6.34. The smallest absolute Gasteiger partial charge is 0.164 e. The molecular formula is C57H34N4O. The zero-order valence-electron chi connectivity index (χ0n) is 33.3. The van der Waals surface area contributed by atoms with Gasteiger partial charge in [0, 0.05) is 43.6 Å². The van der Waals surface area contributed by atoms with Crippen LogP contribution in [0, 0.1) is 0 Å². The molecule has 0 amide bonds. The highest BCUT2D eigenvalue weighted by Crippen LogP contribution is 2.42. The van der Waals surface area contributed by atoms with Gasteiger partial charge in [0.15, 0.2) is 17.5 Å². The van der Waals surface area contributed by atoms with E-state index in [9.17, 15) is 0 Å². The van der Waals surface area contributed by atoms with E-state index in [1.54, 1.807) is 0 Å². The van der Waals surface area contributed by atoms with Crippen molar-refractivity contribution in [2.24, 2.45) is 0 Å². The maximum Gasteiger partial charge on any atom is 0.164 e. The Labute approximate surface area is 355 Å². The van der Waals surface area contributed by atoms with Crippen molar-refractivity contribution in [3.8, 4) is 51.0 Å². The molecule has 0 spiro atoms. The van der Waals surface area contributed by atoms with Crippen LogP contribution in [0.2, 0.25) is 0 Å². The Morgan fingerprint density at radius 2 is 0.952 bits per heavy atom. The van der Waals surface area contributed by atoms with E-state index in [0.29, 0.717) is 17.5 Å². The van der Waals surface area contributed by atoms with E-state index in [1.165, 1.54) is 32.7 Å². The standard InChI is InChI=1S/C57H34N4O/c1-2-13-35(14-3-1)40-27-28-44-48-32-38-17-6-7-18-39(38)33-51(48)61(50(44)34-40)49-30-29-45(42-19-8-9-20-43(42)49)56-58-55(41-26-25-36-15-4-5-16-37(36)31-41)59-57(60-56)47-22-12-24-53-54(47)46-21-10-11-23-52(46)62-53/h1-34H. The number of aromatic nitrogens is 4. The van der Waals surface area contributed by atoms with E-state index in [1.807, 2.05) is 30.3 Å². The number of para-hydroxylation sites is 1. The number of nitrogens with zero attached hydrogens (tertiary/aromatic N) is 4. The first-order valence-corrected chi connectivity index (χ1v) is 20.9. The topological polar surface area (TPSA) is 56.7 Å². The summed E-state index contributed by atoms with van der Waals surface area (Å²) in [5.41, 5.74) is 10.1. The molecule has 0 N–H and O–H groups in total. The van der Waals surface area contributed by atoms with Crippen LogP contribution in [0.3, 0.4) is 0 Å². The first-order chi connectivity index (χ1) is 30.7. The maximum atomic E-state index is 6.34. The van der Waals surface area contributed by atoms with Gasteiger partial charge in [-0.1, -0.05) is 158 Å². The van der Waals surface area contributed by atoms with Crippen LogP contribution in [-0.2, 0) is 0 Å². The predicted molar refractivity (Wildman–Crippen MR) is 256 cm³/mol. The molecule has 10 aromatic carbocycles. The van der Waals surface area contributed by atoms with E-state index >= 15 is 0 Å². The summed E-state index contributed by atoms with van der Waals surface area (Å²) in [7, 11) is 0. The molecule has 0 saturated heterocycles. The number of hydrogen-bond acceptors (Lipinski definition) is 4.